The summed E-state index contributed by atoms with van der Waals surface area (Å²) in [6.07, 6.45) is 14.4. The molecule has 5 nitrogen and oxygen atoms in total. The van der Waals surface area contributed by atoms with Crippen molar-refractivity contribution in [1.82, 2.24) is 0 Å². The van der Waals surface area contributed by atoms with Crippen molar-refractivity contribution < 1.29 is 74.2 Å². The molecule has 0 amide bonds. The van der Waals surface area contributed by atoms with Crippen molar-refractivity contribution in [2.45, 2.75) is 88.9 Å². The topological polar surface area (TPSA) is 86.7 Å². The maximum atomic E-state index is 12.3. The zero-order valence-electron chi connectivity index (χ0n) is 19.5. The third kappa shape index (κ3) is 11.1. The Morgan fingerprint density at radius 3 is 1.88 bits per heavy atom. The molecule has 0 aliphatic rings. The first-order valence-electron chi connectivity index (χ1n) is 11.5. The van der Waals surface area contributed by atoms with E-state index in [1.807, 2.05) is 0 Å². The Balaban J connectivity index is 0.00000512. The molecule has 0 saturated carbocycles. The van der Waals surface area contributed by atoms with Crippen LogP contribution in [0.25, 0.3) is 0 Å². The van der Waals surface area contributed by atoms with E-state index in [1.54, 1.807) is 18.2 Å². The Labute approximate surface area is 236 Å². The van der Waals surface area contributed by atoms with Crippen molar-refractivity contribution in [1.29, 1.82) is 0 Å². The largest absolute Gasteiger partial charge is 1.00 e. The third-order valence-corrected chi connectivity index (χ3v) is 6.34. The SMILES string of the molecule is CCCCCCCCCCCCCc1c([O-])cccc1Oc1ccc(S(=O)(=O)O)cc1.[K+]. The van der Waals surface area contributed by atoms with E-state index in [4.69, 9.17) is 9.29 Å². The Morgan fingerprint density at radius 1 is 0.812 bits per heavy atom. The van der Waals surface area contributed by atoms with Gasteiger partial charge in [-0.15, -0.1) is 5.75 Å². The first-order chi connectivity index (χ1) is 14.9. The van der Waals surface area contributed by atoms with Crippen molar-refractivity contribution in [3.63, 3.8) is 0 Å². The van der Waals surface area contributed by atoms with Crippen LogP contribution in [0.5, 0.6) is 17.2 Å². The molecule has 2 aromatic carbocycles. The molecule has 0 saturated heterocycles. The first-order valence-corrected chi connectivity index (χ1v) is 12.9. The Morgan fingerprint density at radius 2 is 1.34 bits per heavy atom. The van der Waals surface area contributed by atoms with Crippen LogP contribution in [0, 0.1) is 0 Å². The van der Waals surface area contributed by atoms with Gasteiger partial charge in [-0.1, -0.05) is 83.3 Å². The number of benzene rings is 2. The van der Waals surface area contributed by atoms with Crippen molar-refractivity contribution in [2.24, 2.45) is 0 Å². The number of rotatable bonds is 15. The summed E-state index contributed by atoms with van der Waals surface area (Å²) in [7, 11) is -4.24. The summed E-state index contributed by atoms with van der Waals surface area (Å²) < 4.78 is 37.2. The Bertz CT molecular complexity index is 882. The number of hydrogen-bond acceptors (Lipinski definition) is 4. The zero-order valence-corrected chi connectivity index (χ0v) is 23.5. The maximum Gasteiger partial charge on any atom is 1.00 e. The van der Waals surface area contributed by atoms with Crippen LogP contribution in [-0.4, -0.2) is 13.0 Å². The predicted octanol–water partition coefficient (Wildman–Crippen LogP) is 3.66. The van der Waals surface area contributed by atoms with E-state index >= 15 is 0 Å². The van der Waals surface area contributed by atoms with Gasteiger partial charge in [0.05, 0.1) is 4.90 Å². The summed E-state index contributed by atoms with van der Waals surface area (Å²) in [6, 6.07) is 10.4. The fraction of sp³-hybridized carbons (Fsp3) is 0.520. The second kappa shape index (κ2) is 16.3. The van der Waals surface area contributed by atoms with Gasteiger partial charge >= 0.3 is 51.4 Å². The van der Waals surface area contributed by atoms with Gasteiger partial charge in [0.2, 0.25) is 0 Å². The van der Waals surface area contributed by atoms with Crippen molar-refractivity contribution >= 4 is 10.1 Å². The van der Waals surface area contributed by atoms with Crippen LogP contribution >= 0.6 is 0 Å². The number of unbranched alkanes of at least 4 members (excludes halogenated alkanes) is 10. The molecule has 1 N–H and O–H groups in total. The molecule has 32 heavy (non-hydrogen) atoms. The fourth-order valence-corrected chi connectivity index (χ4v) is 4.14. The standard InChI is InChI=1S/C25H36O5S.K/c1-2-3-4-5-6-7-8-9-10-11-12-14-23-24(26)15-13-16-25(23)30-21-17-19-22(20-18-21)31(27,28)29;/h13,15-20,26H,2-12,14H2,1H3,(H,27,28,29);/q;+1/p-1. The van der Waals surface area contributed by atoms with Gasteiger partial charge in [-0.25, -0.2) is 0 Å². The molecule has 2 aromatic rings. The van der Waals surface area contributed by atoms with Crippen molar-refractivity contribution in [3.8, 4) is 17.2 Å². The van der Waals surface area contributed by atoms with Crippen LogP contribution in [0.1, 0.15) is 83.1 Å². The minimum atomic E-state index is -4.24. The van der Waals surface area contributed by atoms with Gasteiger partial charge in [-0.3, -0.25) is 4.55 Å². The number of hydrogen-bond donors (Lipinski definition) is 1. The van der Waals surface area contributed by atoms with E-state index in [9.17, 15) is 13.5 Å². The minimum Gasteiger partial charge on any atom is -0.872 e. The van der Waals surface area contributed by atoms with Gasteiger partial charge in [0.15, 0.2) is 0 Å². The van der Waals surface area contributed by atoms with Crippen molar-refractivity contribution in [3.05, 3.63) is 48.0 Å². The average molecular weight is 487 g/mol. The van der Waals surface area contributed by atoms with E-state index < -0.39 is 10.1 Å². The average Bonchev–Trinajstić information content (AvgIpc) is 2.73. The van der Waals surface area contributed by atoms with E-state index in [-0.39, 0.29) is 62.0 Å². The summed E-state index contributed by atoms with van der Waals surface area (Å²) >= 11 is 0. The Kier molecular flexibility index (Phi) is 15.0. The van der Waals surface area contributed by atoms with Gasteiger partial charge in [0, 0.05) is 0 Å². The summed E-state index contributed by atoms with van der Waals surface area (Å²) in [5, 5.41) is 12.3. The molecule has 0 spiro atoms. The molecule has 0 aliphatic heterocycles. The molecule has 0 bridgehead atoms. The van der Waals surface area contributed by atoms with E-state index in [2.05, 4.69) is 6.92 Å². The van der Waals surface area contributed by atoms with Gasteiger partial charge < -0.3 is 9.84 Å². The molecule has 0 aromatic heterocycles. The smallest absolute Gasteiger partial charge is 0.872 e. The fourth-order valence-electron chi connectivity index (χ4n) is 3.66. The van der Waals surface area contributed by atoms with Gasteiger partial charge in [0.25, 0.3) is 10.1 Å². The van der Waals surface area contributed by atoms with Gasteiger partial charge in [-0.05, 0) is 48.7 Å². The van der Waals surface area contributed by atoms with Crippen LogP contribution in [0.4, 0.5) is 0 Å². The monoisotopic (exact) mass is 486 g/mol. The van der Waals surface area contributed by atoms with Gasteiger partial charge in [0.1, 0.15) is 11.5 Å². The van der Waals surface area contributed by atoms with E-state index in [0.29, 0.717) is 23.5 Å². The zero-order chi connectivity index (χ0) is 22.5. The van der Waals surface area contributed by atoms with E-state index in [0.717, 1.165) is 12.8 Å². The molecule has 172 valence electrons. The maximum absolute atomic E-state index is 12.3. The second-order valence-electron chi connectivity index (χ2n) is 8.07. The third-order valence-electron chi connectivity index (χ3n) is 5.47. The van der Waals surface area contributed by atoms with Gasteiger partial charge in [-0.2, -0.15) is 8.42 Å². The molecule has 7 heteroatoms. The van der Waals surface area contributed by atoms with Crippen molar-refractivity contribution in [2.75, 3.05) is 0 Å². The normalized spacial score (nSPS) is 11.2. The van der Waals surface area contributed by atoms with Crippen LogP contribution in [-0.2, 0) is 16.5 Å². The molecular formula is C25H35KO5S. The molecular weight excluding hydrogens is 451 g/mol. The molecule has 0 radical (unpaired) electrons. The van der Waals surface area contributed by atoms with Crippen LogP contribution in [0.15, 0.2) is 47.4 Å². The van der Waals surface area contributed by atoms with E-state index in [1.165, 1.54) is 82.1 Å². The summed E-state index contributed by atoms with van der Waals surface area (Å²) in [6.45, 7) is 2.24. The van der Waals surface area contributed by atoms with Crippen LogP contribution < -0.4 is 61.2 Å². The van der Waals surface area contributed by atoms with Crippen LogP contribution in [0.3, 0.4) is 0 Å². The molecule has 0 unspecified atom stereocenters. The Hall–Kier alpha value is -0.414. The first kappa shape index (κ1) is 29.6. The number of ether oxygens (including phenoxy) is 1. The predicted molar refractivity (Wildman–Crippen MR) is 122 cm³/mol. The molecule has 0 aliphatic carbocycles. The van der Waals surface area contributed by atoms with Crippen LogP contribution in [0.2, 0.25) is 0 Å². The second-order valence-corrected chi connectivity index (χ2v) is 9.49. The molecule has 2 rings (SSSR count). The molecule has 0 heterocycles. The summed E-state index contributed by atoms with van der Waals surface area (Å²) in [5.41, 5.74) is 0.650. The minimum absolute atomic E-state index is 0. The molecule has 0 fully saturated rings. The quantitative estimate of drug-likeness (QED) is 0.236. The molecule has 0 atom stereocenters. The summed E-state index contributed by atoms with van der Waals surface area (Å²) in [5.74, 6) is 0.872. The summed E-state index contributed by atoms with van der Waals surface area (Å²) in [4.78, 5) is -0.196.